The van der Waals surface area contributed by atoms with E-state index in [4.69, 9.17) is 9.47 Å². The molecule has 1 atom stereocenters. The lowest BCUT2D eigenvalue weighted by atomic mass is 10.1. The standard InChI is InChI=1S/C13H19NO2/c1-14(2)7-8-15-10-12-9-11-5-3-4-6-13(11)16-12/h3-6,12H,7-10H2,1-2H3. The van der Waals surface area contributed by atoms with E-state index in [1.165, 1.54) is 5.56 Å². The molecule has 88 valence electrons. The van der Waals surface area contributed by atoms with Crippen molar-refractivity contribution in [2.75, 3.05) is 33.9 Å². The van der Waals surface area contributed by atoms with Gasteiger partial charge < -0.3 is 14.4 Å². The minimum Gasteiger partial charge on any atom is -0.487 e. The van der Waals surface area contributed by atoms with E-state index in [1.807, 2.05) is 26.2 Å². The summed E-state index contributed by atoms with van der Waals surface area (Å²) < 4.78 is 11.4. The predicted molar refractivity (Wildman–Crippen MR) is 63.9 cm³/mol. The fourth-order valence-electron chi connectivity index (χ4n) is 1.81. The van der Waals surface area contributed by atoms with Crippen molar-refractivity contribution in [2.24, 2.45) is 0 Å². The van der Waals surface area contributed by atoms with Crippen molar-refractivity contribution in [3.8, 4) is 5.75 Å². The summed E-state index contributed by atoms with van der Waals surface area (Å²) in [6.07, 6.45) is 1.16. The third-order valence-electron chi connectivity index (χ3n) is 2.70. The van der Waals surface area contributed by atoms with E-state index in [2.05, 4.69) is 17.0 Å². The summed E-state index contributed by atoms with van der Waals surface area (Å²) in [5.41, 5.74) is 1.30. The van der Waals surface area contributed by atoms with Gasteiger partial charge in [0.15, 0.2) is 0 Å². The Labute approximate surface area is 97.0 Å². The molecule has 0 aromatic heterocycles. The lowest BCUT2D eigenvalue weighted by Gasteiger charge is -2.13. The smallest absolute Gasteiger partial charge is 0.126 e. The van der Waals surface area contributed by atoms with Gasteiger partial charge in [-0.25, -0.2) is 0 Å². The van der Waals surface area contributed by atoms with Gasteiger partial charge in [-0.05, 0) is 25.7 Å². The van der Waals surface area contributed by atoms with Crippen LogP contribution >= 0.6 is 0 Å². The molecule has 0 spiro atoms. The highest BCUT2D eigenvalue weighted by molar-refractivity contribution is 5.37. The average Bonchev–Trinajstić information content (AvgIpc) is 2.66. The number of likely N-dealkylation sites (N-methyl/N-ethyl adjacent to an activating group) is 1. The first-order valence-electron chi connectivity index (χ1n) is 5.73. The van der Waals surface area contributed by atoms with Crippen LogP contribution in [-0.4, -0.2) is 44.9 Å². The number of rotatable bonds is 5. The molecule has 0 fully saturated rings. The second-order valence-electron chi connectivity index (χ2n) is 4.43. The lowest BCUT2D eigenvalue weighted by Crippen LogP contribution is -2.24. The van der Waals surface area contributed by atoms with Gasteiger partial charge in [0.05, 0.1) is 13.2 Å². The third-order valence-corrected chi connectivity index (χ3v) is 2.70. The van der Waals surface area contributed by atoms with Crippen LogP contribution in [0.25, 0.3) is 0 Å². The first-order chi connectivity index (χ1) is 7.75. The van der Waals surface area contributed by atoms with Crippen molar-refractivity contribution in [3.05, 3.63) is 29.8 Å². The number of fused-ring (bicyclic) bond motifs is 1. The molecule has 3 nitrogen and oxygen atoms in total. The summed E-state index contributed by atoms with van der Waals surface area (Å²) in [4.78, 5) is 2.12. The van der Waals surface area contributed by atoms with Gasteiger partial charge in [0.25, 0.3) is 0 Å². The maximum atomic E-state index is 5.78. The van der Waals surface area contributed by atoms with Crippen LogP contribution in [0.2, 0.25) is 0 Å². The van der Waals surface area contributed by atoms with E-state index in [0.29, 0.717) is 6.61 Å². The Morgan fingerprint density at radius 2 is 2.19 bits per heavy atom. The van der Waals surface area contributed by atoms with E-state index in [9.17, 15) is 0 Å². The summed E-state index contributed by atoms with van der Waals surface area (Å²) in [5.74, 6) is 1.02. The summed E-state index contributed by atoms with van der Waals surface area (Å²) in [7, 11) is 4.09. The second-order valence-corrected chi connectivity index (χ2v) is 4.43. The van der Waals surface area contributed by atoms with Gasteiger partial charge in [-0.15, -0.1) is 0 Å². The first kappa shape index (κ1) is 11.4. The Hall–Kier alpha value is -1.06. The normalized spacial score (nSPS) is 18.6. The molecule has 1 aliphatic rings. The van der Waals surface area contributed by atoms with Crippen LogP contribution in [0.3, 0.4) is 0 Å². The number of ether oxygens (including phenoxy) is 2. The summed E-state index contributed by atoms with van der Waals surface area (Å²) in [5, 5.41) is 0. The molecule has 0 N–H and O–H groups in total. The lowest BCUT2D eigenvalue weighted by molar-refractivity contribution is 0.0533. The molecule has 3 heteroatoms. The highest BCUT2D eigenvalue weighted by Gasteiger charge is 2.21. The van der Waals surface area contributed by atoms with Crippen LogP contribution < -0.4 is 4.74 Å². The van der Waals surface area contributed by atoms with Crippen molar-refractivity contribution in [1.29, 1.82) is 0 Å². The zero-order chi connectivity index (χ0) is 11.4. The molecule has 1 aromatic carbocycles. The van der Waals surface area contributed by atoms with Gasteiger partial charge in [0.1, 0.15) is 11.9 Å². The van der Waals surface area contributed by atoms with E-state index in [-0.39, 0.29) is 6.10 Å². The first-order valence-corrected chi connectivity index (χ1v) is 5.73. The highest BCUT2D eigenvalue weighted by Crippen LogP contribution is 2.27. The maximum absolute atomic E-state index is 5.78. The average molecular weight is 221 g/mol. The SMILES string of the molecule is CN(C)CCOCC1Cc2ccccc2O1. The molecule has 0 saturated carbocycles. The van der Waals surface area contributed by atoms with Crippen molar-refractivity contribution < 1.29 is 9.47 Å². The molecule has 2 rings (SSSR count). The molecular weight excluding hydrogens is 202 g/mol. The van der Waals surface area contributed by atoms with Gasteiger partial charge in [-0.2, -0.15) is 0 Å². The van der Waals surface area contributed by atoms with Crippen LogP contribution in [0.4, 0.5) is 0 Å². The number of para-hydroxylation sites is 1. The fraction of sp³-hybridized carbons (Fsp3) is 0.538. The van der Waals surface area contributed by atoms with E-state index >= 15 is 0 Å². The van der Waals surface area contributed by atoms with Crippen molar-refractivity contribution >= 4 is 0 Å². The topological polar surface area (TPSA) is 21.7 Å². The molecule has 1 aromatic rings. The summed E-state index contributed by atoms with van der Waals surface area (Å²) in [6, 6.07) is 8.20. The monoisotopic (exact) mass is 221 g/mol. The zero-order valence-electron chi connectivity index (χ0n) is 9.98. The Morgan fingerprint density at radius 3 is 2.94 bits per heavy atom. The van der Waals surface area contributed by atoms with Crippen LogP contribution in [0.15, 0.2) is 24.3 Å². The fourth-order valence-corrected chi connectivity index (χ4v) is 1.81. The number of benzene rings is 1. The molecular formula is C13H19NO2. The molecule has 0 radical (unpaired) electrons. The van der Waals surface area contributed by atoms with Crippen LogP contribution in [0, 0.1) is 0 Å². The van der Waals surface area contributed by atoms with E-state index in [1.54, 1.807) is 0 Å². The van der Waals surface area contributed by atoms with Crippen molar-refractivity contribution in [3.63, 3.8) is 0 Å². The summed E-state index contributed by atoms with van der Waals surface area (Å²) in [6.45, 7) is 2.41. The molecule has 16 heavy (non-hydrogen) atoms. The van der Waals surface area contributed by atoms with Gasteiger partial charge in [0, 0.05) is 13.0 Å². The molecule has 1 heterocycles. The zero-order valence-corrected chi connectivity index (χ0v) is 9.98. The van der Waals surface area contributed by atoms with Crippen LogP contribution in [0.5, 0.6) is 5.75 Å². The minimum absolute atomic E-state index is 0.194. The third kappa shape index (κ3) is 2.97. The number of nitrogens with zero attached hydrogens (tertiary/aromatic N) is 1. The Morgan fingerprint density at radius 1 is 1.38 bits per heavy atom. The van der Waals surface area contributed by atoms with Gasteiger partial charge in [0.2, 0.25) is 0 Å². The van der Waals surface area contributed by atoms with Crippen molar-refractivity contribution in [1.82, 2.24) is 4.90 Å². The number of hydrogen-bond acceptors (Lipinski definition) is 3. The van der Waals surface area contributed by atoms with Gasteiger partial charge in [-0.3, -0.25) is 0 Å². The summed E-state index contributed by atoms with van der Waals surface area (Å²) >= 11 is 0. The maximum Gasteiger partial charge on any atom is 0.126 e. The second kappa shape index (κ2) is 5.32. The Kier molecular flexibility index (Phi) is 3.80. The van der Waals surface area contributed by atoms with E-state index < -0.39 is 0 Å². The highest BCUT2D eigenvalue weighted by atomic mass is 16.5. The van der Waals surface area contributed by atoms with E-state index in [0.717, 1.165) is 25.3 Å². The van der Waals surface area contributed by atoms with Crippen molar-refractivity contribution in [2.45, 2.75) is 12.5 Å². The van der Waals surface area contributed by atoms with Crippen LogP contribution in [0.1, 0.15) is 5.56 Å². The molecule has 0 amide bonds. The predicted octanol–water partition coefficient (Wildman–Crippen LogP) is 1.57. The van der Waals surface area contributed by atoms with Gasteiger partial charge in [-0.1, -0.05) is 18.2 Å². The molecule has 1 unspecified atom stereocenters. The minimum atomic E-state index is 0.194. The van der Waals surface area contributed by atoms with Crippen LogP contribution in [-0.2, 0) is 11.2 Å². The number of hydrogen-bond donors (Lipinski definition) is 0. The molecule has 0 saturated heterocycles. The Bertz CT molecular complexity index is 313. The molecule has 1 aliphatic heterocycles. The quantitative estimate of drug-likeness (QED) is 0.704. The molecule has 0 aliphatic carbocycles. The van der Waals surface area contributed by atoms with Gasteiger partial charge >= 0.3 is 0 Å². The Balaban J connectivity index is 1.71. The molecule has 0 bridgehead atoms. The largest absolute Gasteiger partial charge is 0.487 e.